The van der Waals surface area contributed by atoms with Crippen LogP contribution in [0, 0.1) is 11.8 Å². The molecule has 4 N–H and O–H groups in total. The van der Waals surface area contributed by atoms with Gasteiger partial charge < -0.3 is 44.6 Å². The lowest BCUT2D eigenvalue weighted by Crippen LogP contribution is -2.56. The van der Waals surface area contributed by atoms with E-state index in [1.165, 1.54) is 21.3 Å². The van der Waals surface area contributed by atoms with Gasteiger partial charge in [-0.05, 0) is 97.0 Å². The van der Waals surface area contributed by atoms with E-state index in [0.717, 1.165) is 98.5 Å². The molecule has 3 fully saturated rings. The summed E-state index contributed by atoms with van der Waals surface area (Å²) in [5, 5.41) is 9.54. The summed E-state index contributed by atoms with van der Waals surface area (Å²) in [5.74, 6) is 1.29. The van der Waals surface area contributed by atoms with Crippen molar-refractivity contribution in [1.29, 1.82) is 0 Å². The number of carbonyl (C=O) groups is 4. The van der Waals surface area contributed by atoms with E-state index in [4.69, 9.17) is 24.2 Å². The van der Waals surface area contributed by atoms with Crippen LogP contribution in [0.25, 0.3) is 54.7 Å². The molecule has 62 heavy (non-hydrogen) atoms. The van der Waals surface area contributed by atoms with Crippen LogP contribution in [0.2, 0.25) is 0 Å². The van der Waals surface area contributed by atoms with Crippen LogP contribution in [0.5, 0.6) is 0 Å². The minimum Gasteiger partial charge on any atom is -0.453 e. The van der Waals surface area contributed by atoms with Crippen molar-refractivity contribution < 1.29 is 33.4 Å². The van der Waals surface area contributed by atoms with E-state index >= 15 is 0 Å². The topological polar surface area (TPSA) is 184 Å². The molecule has 0 spiro atoms. The Hall–Kier alpha value is -6.22. The van der Waals surface area contributed by atoms with Crippen molar-refractivity contribution in [2.24, 2.45) is 11.8 Å². The van der Waals surface area contributed by atoms with Crippen LogP contribution < -0.4 is 10.6 Å². The first-order valence-corrected chi connectivity index (χ1v) is 21.2. The number of piperidine rings is 1. The average Bonchev–Trinajstić information content (AvgIpc) is 4.13. The van der Waals surface area contributed by atoms with Crippen molar-refractivity contribution in [1.82, 2.24) is 40.4 Å². The van der Waals surface area contributed by atoms with Crippen LogP contribution >= 0.6 is 0 Å². The molecule has 0 radical (unpaired) electrons. The quantitative estimate of drug-likeness (QED) is 0.106. The summed E-state index contributed by atoms with van der Waals surface area (Å²) in [5.41, 5.74) is 5.62. The summed E-state index contributed by atoms with van der Waals surface area (Å²) in [6, 6.07) is 19.1. The molecule has 3 aliphatic rings. The molecule has 326 valence electrons. The van der Waals surface area contributed by atoms with Crippen molar-refractivity contribution in [2.75, 3.05) is 27.9 Å². The fraction of sp³-hybridized carbons (Fsp3) is 0.447. The second kappa shape index (κ2) is 16.9. The number of aromatic amines is 2. The number of ether oxygens (including phenoxy) is 3. The first-order chi connectivity index (χ1) is 29.5. The number of rotatable bonds is 10. The highest BCUT2D eigenvalue weighted by Gasteiger charge is 2.52. The molecule has 0 unspecified atom stereocenters. The smallest absolute Gasteiger partial charge is 0.407 e. The molecule has 7 atom stereocenters. The Balaban J connectivity index is 0.00000529. The van der Waals surface area contributed by atoms with Crippen LogP contribution in [0.1, 0.15) is 84.0 Å². The van der Waals surface area contributed by atoms with Crippen LogP contribution in [0.15, 0.2) is 60.7 Å². The van der Waals surface area contributed by atoms with Gasteiger partial charge in [0.1, 0.15) is 23.7 Å². The highest BCUT2D eigenvalue weighted by molar-refractivity contribution is 6.07. The van der Waals surface area contributed by atoms with Gasteiger partial charge in [-0.2, -0.15) is 0 Å². The van der Waals surface area contributed by atoms with Crippen LogP contribution in [0.3, 0.4) is 0 Å². The number of hydrogen-bond acceptors (Lipinski definition) is 9. The third-order valence-corrected chi connectivity index (χ3v) is 13.2. The lowest BCUT2D eigenvalue weighted by Gasteiger charge is -2.37. The number of aromatic nitrogens is 4. The highest BCUT2D eigenvalue weighted by Crippen LogP contribution is 2.50. The number of fused-ring (bicyclic) bond motifs is 8. The Morgan fingerprint density at radius 3 is 1.89 bits per heavy atom. The van der Waals surface area contributed by atoms with E-state index in [2.05, 4.69) is 75.2 Å². The van der Waals surface area contributed by atoms with Gasteiger partial charge in [0.05, 0.1) is 54.5 Å². The Bertz CT molecular complexity index is 2690. The van der Waals surface area contributed by atoms with Crippen molar-refractivity contribution in [3.05, 3.63) is 72.3 Å². The zero-order valence-electron chi connectivity index (χ0n) is 35.3. The minimum atomic E-state index is -0.900. The molecule has 4 amide bonds. The zero-order chi connectivity index (χ0) is 42.7. The summed E-state index contributed by atoms with van der Waals surface area (Å²) in [6.07, 6.45) is 2.55. The fourth-order valence-corrected chi connectivity index (χ4v) is 10.0. The molecule has 2 aliphatic heterocycles. The predicted molar refractivity (Wildman–Crippen MR) is 237 cm³/mol. The summed E-state index contributed by atoms with van der Waals surface area (Å²) >= 11 is 0. The van der Waals surface area contributed by atoms with Crippen LogP contribution in [-0.2, 0) is 23.8 Å². The number of nitrogens with one attached hydrogen (secondary N) is 4. The third kappa shape index (κ3) is 7.35. The molecule has 2 saturated heterocycles. The van der Waals surface area contributed by atoms with E-state index in [9.17, 15) is 19.2 Å². The number of amides is 4. The molecule has 9 rings (SSSR count). The number of alkyl carbamates (subject to hydrolysis) is 2. The number of benzene rings is 4. The van der Waals surface area contributed by atoms with Crippen LogP contribution in [-0.4, -0.2) is 106 Å². The number of H-pyrrole nitrogens is 2. The second-order valence-corrected chi connectivity index (χ2v) is 17.1. The first-order valence-electron chi connectivity index (χ1n) is 21.2. The Labute approximate surface area is 360 Å². The zero-order valence-corrected chi connectivity index (χ0v) is 35.3. The average molecular weight is 845 g/mol. The largest absolute Gasteiger partial charge is 0.453 e. The van der Waals surface area contributed by atoms with E-state index in [-0.39, 0.29) is 49.2 Å². The monoisotopic (exact) mass is 844 g/mol. The molecule has 1 saturated carbocycles. The minimum absolute atomic E-state index is 0. The maximum absolute atomic E-state index is 14.2. The maximum Gasteiger partial charge on any atom is 0.407 e. The molecule has 15 heteroatoms. The molecule has 2 aromatic heterocycles. The molecule has 6 aromatic rings. The van der Waals surface area contributed by atoms with Gasteiger partial charge >= 0.3 is 12.2 Å². The van der Waals surface area contributed by atoms with Crippen molar-refractivity contribution in [3.63, 3.8) is 0 Å². The van der Waals surface area contributed by atoms with Crippen molar-refractivity contribution >= 4 is 67.6 Å². The van der Waals surface area contributed by atoms with Gasteiger partial charge in [-0.25, -0.2) is 19.6 Å². The molecule has 4 aromatic carbocycles. The van der Waals surface area contributed by atoms with Gasteiger partial charge in [0, 0.05) is 30.5 Å². The Morgan fingerprint density at radius 2 is 1.31 bits per heavy atom. The molecule has 4 heterocycles. The van der Waals surface area contributed by atoms with E-state index < -0.39 is 30.4 Å². The van der Waals surface area contributed by atoms with Crippen molar-refractivity contribution in [2.45, 2.75) is 96.6 Å². The van der Waals surface area contributed by atoms with E-state index in [1.54, 1.807) is 6.92 Å². The van der Waals surface area contributed by atoms with Gasteiger partial charge in [-0.3, -0.25) is 9.59 Å². The predicted octanol–water partition coefficient (Wildman–Crippen LogP) is 7.90. The van der Waals surface area contributed by atoms with Gasteiger partial charge in [0.25, 0.3) is 0 Å². The molecular formula is C47H56N8O7. The number of carbonyl (C=O) groups excluding carboxylic acids is 4. The number of nitrogens with zero attached hydrogens (tertiary/aromatic N) is 4. The Kier molecular flexibility index (Phi) is 11.6. The van der Waals surface area contributed by atoms with Gasteiger partial charge in [-0.1, -0.05) is 57.7 Å². The van der Waals surface area contributed by atoms with Gasteiger partial charge in [0.15, 0.2) is 0 Å². The summed E-state index contributed by atoms with van der Waals surface area (Å²) < 4.78 is 15.2. The number of likely N-dealkylation sites (tertiary alicyclic amines) is 2. The lowest BCUT2D eigenvalue weighted by molar-refractivity contribution is -0.141. The molecular weight excluding hydrogens is 789 g/mol. The summed E-state index contributed by atoms with van der Waals surface area (Å²) in [4.78, 5) is 73.3. The SMILES string of the molecule is C.COC(=O)N[C@H](C(=O)N1CCC[C@H]1c1nc2c(ccc3cc(-c4ccc5c(ccc6[nH]c([C@@H]7[C@H]8CC[C@H](C8)N7C(=O)[C@@H](NC(=O)OC)[C@@H](C)OC)nc65)c4)ccc32)[nH]1)C(C)C. The lowest BCUT2D eigenvalue weighted by atomic mass is 9.97. The number of imidazole rings is 2. The maximum atomic E-state index is 14.2. The number of methoxy groups -OCH3 is 3. The first kappa shape index (κ1) is 42.5. The highest BCUT2D eigenvalue weighted by atomic mass is 16.5. The van der Waals surface area contributed by atoms with Gasteiger partial charge in [-0.15, -0.1) is 0 Å². The third-order valence-electron chi connectivity index (χ3n) is 13.2. The van der Waals surface area contributed by atoms with Crippen LogP contribution in [0.4, 0.5) is 9.59 Å². The second-order valence-electron chi connectivity index (χ2n) is 17.1. The fourth-order valence-electron chi connectivity index (χ4n) is 10.0. The van der Waals surface area contributed by atoms with E-state index in [0.29, 0.717) is 6.54 Å². The number of hydrogen-bond donors (Lipinski definition) is 4. The standard InChI is InChI=1S/C46H52N8O7.CH4/c1-23(2)36(51-45(57)60-5)43(55)53-19-7-8-35(53)41-47-33-17-12-27-20-25(10-15-31(27)38(33)49-41)26-11-16-32-28(21-26)13-18-34-39(32)50-42(48-34)40-29-9-14-30(22-29)54(40)44(56)37(24(3)59-4)52-46(58)61-6;/h10-13,15-18,20-21,23-24,29-30,35-37,40H,7-9,14,19,22H2,1-6H3,(H,47,49)(H,48,50)(H,51,57)(H,52,58);1H4/t24-,29+,30-,35+,36+,37+,40+;/m1./s1. The normalized spacial score (nSPS) is 21.1. The molecule has 15 nitrogen and oxygen atoms in total. The molecule has 2 bridgehead atoms. The van der Waals surface area contributed by atoms with Gasteiger partial charge in [0.2, 0.25) is 11.8 Å². The van der Waals surface area contributed by atoms with E-state index in [1.807, 2.05) is 29.7 Å². The molecule has 1 aliphatic carbocycles. The Morgan fingerprint density at radius 1 is 0.726 bits per heavy atom. The van der Waals surface area contributed by atoms with Crippen molar-refractivity contribution in [3.8, 4) is 11.1 Å². The summed E-state index contributed by atoms with van der Waals surface area (Å²) in [6.45, 7) is 6.17. The summed E-state index contributed by atoms with van der Waals surface area (Å²) in [7, 11) is 4.10.